The first-order chi connectivity index (χ1) is 15.0. The minimum absolute atomic E-state index is 0.00738. The summed E-state index contributed by atoms with van der Waals surface area (Å²) in [5.74, 6) is -0.323. The molecule has 166 valence electrons. The van der Waals surface area contributed by atoms with Crippen LogP contribution in [-0.4, -0.2) is 37.7 Å². The van der Waals surface area contributed by atoms with E-state index >= 15 is 0 Å². The Morgan fingerprint density at radius 1 is 1.16 bits per heavy atom. The molecule has 1 aliphatic heterocycles. The lowest BCUT2D eigenvalue weighted by Gasteiger charge is -2.26. The number of rotatable bonds is 9. The van der Waals surface area contributed by atoms with Gasteiger partial charge in [-0.05, 0) is 73.7 Å². The van der Waals surface area contributed by atoms with Crippen molar-refractivity contribution in [3.8, 4) is 0 Å². The van der Waals surface area contributed by atoms with Crippen LogP contribution in [0.25, 0.3) is 0 Å². The fourth-order valence-corrected chi connectivity index (χ4v) is 3.67. The first-order valence-electron chi connectivity index (χ1n) is 10.9. The van der Waals surface area contributed by atoms with Crippen molar-refractivity contribution >= 4 is 23.2 Å². The zero-order valence-corrected chi connectivity index (χ0v) is 18.2. The number of ether oxygens (including phenoxy) is 2. The third-order valence-corrected chi connectivity index (χ3v) is 5.38. The quantitative estimate of drug-likeness (QED) is 0.277. The van der Waals surface area contributed by atoms with Crippen molar-refractivity contribution in [2.24, 2.45) is 5.73 Å². The predicted molar refractivity (Wildman–Crippen MR) is 124 cm³/mol. The van der Waals surface area contributed by atoms with Crippen LogP contribution in [0.1, 0.15) is 49.4 Å². The van der Waals surface area contributed by atoms with Crippen molar-refractivity contribution in [2.75, 3.05) is 30.5 Å². The van der Waals surface area contributed by atoms with E-state index in [0.717, 1.165) is 55.0 Å². The molecule has 0 bridgehead atoms. The van der Waals surface area contributed by atoms with Gasteiger partial charge >= 0.3 is 5.97 Å². The van der Waals surface area contributed by atoms with Crippen molar-refractivity contribution in [1.82, 2.24) is 0 Å². The number of amidine groups is 1. The molecule has 0 amide bonds. The minimum atomic E-state index is -0.648. The highest BCUT2D eigenvalue weighted by atomic mass is 16.5. The zero-order valence-electron chi connectivity index (χ0n) is 18.2. The Labute approximate surface area is 183 Å². The Morgan fingerprint density at radius 2 is 1.87 bits per heavy atom. The van der Waals surface area contributed by atoms with Crippen LogP contribution in [0.4, 0.5) is 11.4 Å². The molecule has 7 heteroatoms. The van der Waals surface area contributed by atoms with Crippen molar-refractivity contribution < 1.29 is 14.3 Å². The van der Waals surface area contributed by atoms with Gasteiger partial charge in [0.05, 0.1) is 6.61 Å². The molecular weight excluding hydrogens is 392 g/mol. The van der Waals surface area contributed by atoms with E-state index in [4.69, 9.17) is 20.6 Å². The van der Waals surface area contributed by atoms with E-state index in [9.17, 15) is 4.79 Å². The second kappa shape index (κ2) is 10.8. The average Bonchev–Trinajstić information content (AvgIpc) is 2.78. The number of nitrogens with two attached hydrogens (primary N) is 1. The van der Waals surface area contributed by atoms with Gasteiger partial charge in [0.1, 0.15) is 5.84 Å². The fourth-order valence-electron chi connectivity index (χ4n) is 3.67. The van der Waals surface area contributed by atoms with E-state index in [1.807, 2.05) is 24.3 Å². The Bertz CT molecular complexity index is 892. The molecule has 0 spiro atoms. The number of nitrogens with one attached hydrogen (secondary N) is 3. The molecule has 1 fully saturated rings. The maximum atomic E-state index is 12.8. The smallest absolute Gasteiger partial charge is 0.333 e. The first kappa shape index (κ1) is 22.6. The van der Waals surface area contributed by atoms with Gasteiger partial charge in [-0.3, -0.25) is 5.41 Å². The normalized spacial score (nSPS) is 15.2. The van der Waals surface area contributed by atoms with Crippen LogP contribution in [0.15, 0.2) is 42.5 Å². The Kier molecular flexibility index (Phi) is 7.89. The number of carbonyl (C=O) groups is 1. The van der Waals surface area contributed by atoms with E-state index < -0.39 is 6.04 Å². The highest BCUT2D eigenvalue weighted by Gasteiger charge is 2.24. The zero-order chi connectivity index (χ0) is 22.2. The summed E-state index contributed by atoms with van der Waals surface area (Å²) in [6, 6.07) is 13.1. The van der Waals surface area contributed by atoms with Crippen molar-refractivity contribution in [3.05, 3.63) is 59.2 Å². The van der Waals surface area contributed by atoms with Gasteiger partial charge in [0.2, 0.25) is 0 Å². The van der Waals surface area contributed by atoms with Gasteiger partial charge in [0.25, 0.3) is 0 Å². The number of carbonyl (C=O) groups excluding carboxylic acids is 1. The van der Waals surface area contributed by atoms with Gasteiger partial charge < -0.3 is 25.8 Å². The average molecular weight is 425 g/mol. The Morgan fingerprint density at radius 3 is 2.48 bits per heavy atom. The summed E-state index contributed by atoms with van der Waals surface area (Å²) in [6.07, 6.45) is 2.79. The highest BCUT2D eigenvalue weighted by molar-refractivity contribution is 5.95. The summed E-state index contributed by atoms with van der Waals surface area (Å²) in [4.78, 5) is 12.8. The molecule has 0 aliphatic carbocycles. The number of hydrogen-bond acceptors (Lipinski definition) is 6. The number of hydrogen-bond donors (Lipinski definition) is 4. The first-order valence-corrected chi connectivity index (χ1v) is 10.9. The number of aryl methyl sites for hydroxylation is 1. The Hall–Kier alpha value is -3.06. The van der Waals surface area contributed by atoms with Crippen molar-refractivity contribution in [2.45, 2.75) is 45.2 Å². The Balaban J connectivity index is 1.88. The number of benzene rings is 2. The molecule has 3 rings (SSSR count). The predicted octanol–water partition coefficient (Wildman–Crippen LogP) is 3.84. The van der Waals surface area contributed by atoms with Crippen LogP contribution in [0.2, 0.25) is 0 Å². The molecule has 0 saturated carbocycles. The molecule has 5 N–H and O–H groups in total. The molecule has 1 heterocycles. The number of esters is 1. The monoisotopic (exact) mass is 424 g/mol. The SMILES string of the molecule is CCOC(=O)C(Nc1ccc(C(=N)N)cc1)c1cc(CC)cc(NC2CCOCC2)c1. The minimum Gasteiger partial charge on any atom is -0.464 e. The van der Waals surface area contributed by atoms with Crippen LogP contribution in [0.5, 0.6) is 0 Å². The molecule has 2 aromatic carbocycles. The molecule has 0 aromatic heterocycles. The molecule has 0 radical (unpaired) electrons. The van der Waals surface area contributed by atoms with E-state index in [1.54, 1.807) is 19.1 Å². The van der Waals surface area contributed by atoms with Gasteiger partial charge in [0, 0.05) is 36.2 Å². The molecule has 7 nitrogen and oxygen atoms in total. The topological polar surface area (TPSA) is 109 Å². The summed E-state index contributed by atoms with van der Waals surface area (Å²) in [6.45, 7) is 5.74. The third kappa shape index (κ3) is 6.21. The van der Waals surface area contributed by atoms with Gasteiger partial charge in [-0.1, -0.05) is 13.0 Å². The van der Waals surface area contributed by atoms with E-state index in [2.05, 4.69) is 23.6 Å². The van der Waals surface area contributed by atoms with Crippen LogP contribution in [0, 0.1) is 5.41 Å². The van der Waals surface area contributed by atoms with Gasteiger partial charge in [-0.15, -0.1) is 0 Å². The van der Waals surface area contributed by atoms with E-state index in [0.29, 0.717) is 18.2 Å². The summed E-state index contributed by atoms with van der Waals surface area (Å²) in [5, 5.41) is 14.5. The van der Waals surface area contributed by atoms with E-state index in [-0.39, 0.29) is 11.8 Å². The summed E-state index contributed by atoms with van der Waals surface area (Å²) in [5.41, 5.74) is 9.93. The van der Waals surface area contributed by atoms with Crippen LogP contribution < -0.4 is 16.4 Å². The van der Waals surface area contributed by atoms with E-state index in [1.165, 1.54) is 0 Å². The number of anilines is 2. The lowest BCUT2D eigenvalue weighted by atomic mass is 10.00. The van der Waals surface area contributed by atoms with Gasteiger partial charge in [-0.25, -0.2) is 4.79 Å². The highest BCUT2D eigenvalue weighted by Crippen LogP contribution is 2.27. The van der Waals surface area contributed by atoms with Gasteiger partial charge in [0.15, 0.2) is 6.04 Å². The fraction of sp³-hybridized carbons (Fsp3) is 0.417. The molecule has 1 unspecified atom stereocenters. The lowest BCUT2D eigenvalue weighted by Crippen LogP contribution is -2.28. The lowest BCUT2D eigenvalue weighted by molar-refractivity contribution is -0.144. The summed E-state index contributed by atoms with van der Waals surface area (Å²) >= 11 is 0. The molecule has 1 saturated heterocycles. The number of nitrogen functional groups attached to an aromatic ring is 1. The van der Waals surface area contributed by atoms with Crippen LogP contribution in [0.3, 0.4) is 0 Å². The maximum Gasteiger partial charge on any atom is 0.333 e. The van der Waals surface area contributed by atoms with Crippen LogP contribution in [-0.2, 0) is 20.7 Å². The summed E-state index contributed by atoms with van der Waals surface area (Å²) < 4.78 is 10.8. The third-order valence-electron chi connectivity index (χ3n) is 5.38. The van der Waals surface area contributed by atoms with Crippen LogP contribution >= 0.6 is 0 Å². The molecule has 31 heavy (non-hydrogen) atoms. The second-order valence-corrected chi connectivity index (χ2v) is 7.67. The molecule has 2 aromatic rings. The molecular formula is C24H32N4O3. The van der Waals surface area contributed by atoms with Crippen molar-refractivity contribution in [3.63, 3.8) is 0 Å². The van der Waals surface area contributed by atoms with Gasteiger partial charge in [-0.2, -0.15) is 0 Å². The molecule has 1 aliphatic rings. The standard InChI is InChI=1S/C24H32N4O3/c1-3-16-13-18(15-21(14-16)27-20-9-11-30-12-10-20)22(24(29)31-4-2)28-19-7-5-17(6-8-19)23(25)26/h5-8,13-15,20,22,27-28H,3-4,9-12H2,1-2H3,(H3,25,26). The largest absolute Gasteiger partial charge is 0.464 e. The van der Waals surface area contributed by atoms with Crippen molar-refractivity contribution in [1.29, 1.82) is 5.41 Å². The maximum absolute atomic E-state index is 12.8. The molecule has 1 atom stereocenters. The second-order valence-electron chi connectivity index (χ2n) is 7.67. The summed E-state index contributed by atoms with van der Waals surface area (Å²) in [7, 11) is 0.